The molecule has 100 valence electrons. The van der Waals surface area contributed by atoms with Crippen molar-refractivity contribution in [1.29, 1.82) is 5.26 Å². The lowest BCUT2D eigenvalue weighted by Gasteiger charge is -2.16. The Labute approximate surface area is 111 Å². The molecular formula is C13H15N3O3. The van der Waals surface area contributed by atoms with Crippen molar-refractivity contribution in [3.8, 4) is 11.8 Å². The predicted molar refractivity (Wildman–Crippen MR) is 68.3 cm³/mol. The van der Waals surface area contributed by atoms with Crippen molar-refractivity contribution in [3.63, 3.8) is 0 Å². The number of benzene rings is 1. The number of hydrogen-bond acceptors (Lipinski definition) is 4. The first-order chi connectivity index (χ1) is 9.06. The summed E-state index contributed by atoms with van der Waals surface area (Å²) >= 11 is 0. The third kappa shape index (κ3) is 4.32. The summed E-state index contributed by atoms with van der Waals surface area (Å²) in [6.45, 7) is 0.141. The maximum atomic E-state index is 11.7. The van der Waals surface area contributed by atoms with Gasteiger partial charge in [-0.2, -0.15) is 5.26 Å². The number of likely N-dealkylation sites (N-methyl/N-ethyl adjacent to an activating group) is 1. The van der Waals surface area contributed by atoms with E-state index in [1.54, 1.807) is 25.2 Å². The van der Waals surface area contributed by atoms with Gasteiger partial charge in [0.15, 0.2) is 6.61 Å². The summed E-state index contributed by atoms with van der Waals surface area (Å²) in [7, 11) is 1.59. The van der Waals surface area contributed by atoms with E-state index in [1.165, 1.54) is 11.0 Å². The molecule has 1 aromatic rings. The average molecular weight is 261 g/mol. The second kappa shape index (κ2) is 7.01. The van der Waals surface area contributed by atoms with Crippen LogP contribution in [0.15, 0.2) is 24.3 Å². The van der Waals surface area contributed by atoms with Crippen LogP contribution in [0.4, 0.5) is 0 Å². The van der Waals surface area contributed by atoms with Gasteiger partial charge in [0.2, 0.25) is 0 Å². The molecule has 0 unspecified atom stereocenters. The van der Waals surface area contributed by atoms with E-state index in [-0.39, 0.29) is 30.2 Å². The zero-order chi connectivity index (χ0) is 14.3. The second-order valence-electron chi connectivity index (χ2n) is 3.87. The zero-order valence-corrected chi connectivity index (χ0v) is 10.6. The normalized spacial score (nSPS) is 9.47. The third-order valence-electron chi connectivity index (χ3n) is 2.49. The maximum Gasteiger partial charge on any atom is 0.260 e. The molecule has 0 spiro atoms. The van der Waals surface area contributed by atoms with Gasteiger partial charge in [0.25, 0.3) is 11.8 Å². The summed E-state index contributed by atoms with van der Waals surface area (Å²) in [5, 5.41) is 8.43. The van der Waals surface area contributed by atoms with Crippen LogP contribution in [0.5, 0.6) is 5.75 Å². The quantitative estimate of drug-likeness (QED) is 0.808. The van der Waals surface area contributed by atoms with E-state index >= 15 is 0 Å². The van der Waals surface area contributed by atoms with Crippen molar-refractivity contribution in [2.75, 3.05) is 20.2 Å². The first kappa shape index (κ1) is 14.5. The number of nitrogens with two attached hydrogens (primary N) is 1. The Hall–Kier alpha value is -2.55. The van der Waals surface area contributed by atoms with Crippen molar-refractivity contribution in [1.82, 2.24) is 4.90 Å². The molecule has 0 heterocycles. The van der Waals surface area contributed by atoms with Gasteiger partial charge in [0.1, 0.15) is 5.75 Å². The molecule has 0 fully saturated rings. The van der Waals surface area contributed by atoms with Crippen LogP contribution >= 0.6 is 0 Å². The average Bonchev–Trinajstić information content (AvgIpc) is 2.42. The monoisotopic (exact) mass is 261 g/mol. The highest BCUT2D eigenvalue weighted by molar-refractivity contribution is 5.95. The number of nitrogens with zero attached hydrogens (tertiary/aromatic N) is 2. The fourth-order valence-electron chi connectivity index (χ4n) is 1.39. The van der Waals surface area contributed by atoms with Gasteiger partial charge in [-0.05, 0) is 12.1 Å². The van der Waals surface area contributed by atoms with E-state index in [9.17, 15) is 9.59 Å². The number of carbonyl (C=O) groups excluding carboxylic acids is 2. The fourth-order valence-corrected chi connectivity index (χ4v) is 1.39. The minimum atomic E-state index is -0.610. The van der Waals surface area contributed by atoms with Crippen molar-refractivity contribution >= 4 is 11.8 Å². The van der Waals surface area contributed by atoms with E-state index in [2.05, 4.69) is 0 Å². The number of amides is 2. The number of carbonyl (C=O) groups is 2. The highest BCUT2D eigenvalue weighted by Crippen LogP contribution is 2.17. The Kier molecular flexibility index (Phi) is 5.35. The molecule has 6 heteroatoms. The van der Waals surface area contributed by atoms with Crippen LogP contribution in [0.1, 0.15) is 16.8 Å². The summed E-state index contributed by atoms with van der Waals surface area (Å²) in [4.78, 5) is 24.2. The summed E-state index contributed by atoms with van der Waals surface area (Å²) < 4.78 is 5.29. The number of nitriles is 1. The van der Waals surface area contributed by atoms with Crippen molar-refractivity contribution in [2.45, 2.75) is 6.42 Å². The van der Waals surface area contributed by atoms with Gasteiger partial charge >= 0.3 is 0 Å². The van der Waals surface area contributed by atoms with Gasteiger partial charge in [-0.15, -0.1) is 0 Å². The molecule has 6 nitrogen and oxygen atoms in total. The van der Waals surface area contributed by atoms with Crippen LogP contribution in [0, 0.1) is 11.3 Å². The standard InChI is InChI=1S/C13H15N3O3/c1-16(8-4-7-14)12(17)9-19-11-6-3-2-5-10(11)13(15)18/h2-3,5-6H,4,8-9H2,1H3,(H2,15,18). The van der Waals surface area contributed by atoms with E-state index in [0.717, 1.165) is 0 Å². The SMILES string of the molecule is CN(CCC#N)C(=O)COc1ccccc1C(N)=O. The fraction of sp³-hybridized carbons (Fsp3) is 0.308. The van der Waals surface area contributed by atoms with Gasteiger partial charge in [0, 0.05) is 13.6 Å². The smallest absolute Gasteiger partial charge is 0.260 e. The van der Waals surface area contributed by atoms with Gasteiger partial charge < -0.3 is 15.4 Å². The van der Waals surface area contributed by atoms with Crippen LogP contribution in [-0.4, -0.2) is 36.9 Å². The molecular weight excluding hydrogens is 246 g/mol. The van der Waals surface area contributed by atoms with Crippen LogP contribution in [-0.2, 0) is 4.79 Å². The van der Waals surface area contributed by atoms with Gasteiger partial charge in [-0.1, -0.05) is 12.1 Å². The molecule has 1 rings (SSSR count). The highest BCUT2D eigenvalue weighted by Gasteiger charge is 2.12. The van der Waals surface area contributed by atoms with Gasteiger partial charge in [-0.3, -0.25) is 9.59 Å². The van der Waals surface area contributed by atoms with Crippen LogP contribution in [0.3, 0.4) is 0 Å². The Morgan fingerprint density at radius 3 is 2.74 bits per heavy atom. The number of ether oxygens (including phenoxy) is 1. The second-order valence-corrected chi connectivity index (χ2v) is 3.87. The minimum Gasteiger partial charge on any atom is -0.483 e. The zero-order valence-electron chi connectivity index (χ0n) is 10.6. The molecule has 19 heavy (non-hydrogen) atoms. The summed E-state index contributed by atoms with van der Waals surface area (Å²) in [5.74, 6) is -0.604. The number of hydrogen-bond donors (Lipinski definition) is 1. The Bertz CT molecular complexity index is 508. The number of primary amides is 1. The molecule has 0 aromatic heterocycles. The summed E-state index contributed by atoms with van der Waals surface area (Å²) in [5.41, 5.74) is 5.43. The van der Waals surface area contributed by atoms with E-state index in [1.807, 2.05) is 6.07 Å². The molecule has 2 amide bonds. The Morgan fingerprint density at radius 2 is 2.11 bits per heavy atom. The van der Waals surface area contributed by atoms with Crippen LogP contribution in [0.2, 0.25) is 0 Å². The van der Waals surface area contributed by atoms with Gasteiger partial charge in [0.05, 0.1) is 18.1 Å². The molecule has 0 radical (unpaired) electrons. The summed E-state index contributed by atoms with van der Waals surface area (Å²) in [6, 6.07) is 8.40. The van der Waals surface area contributed by atoms with Crippen molar-refractivity contribution in [2.24, 2.45) is 5.73 Å². The lowest BCUT2D eigenvalue weighted by Crippen LogP contribution is -2.32. The minimum absolute atomic E-state index is 0.202. The maximum absolute atomic E-state index is 11.7. The van der Waals surface area contributed by atoms with Crippen LogP contribution < -0.4 is 10.5 Å². The lowest BCUT2D eigenvalue weighted by molar-refractivity contribution is -0.132. The number of rotatable bonds is 6. The lowest BCUT2D eigenvalue weighted by atomic mass is 10.2. The first-order valence-corrected chi connectivity index (χ1v) is 5.68. The molecule has 2 N–H and O–H groups in total. The predicted octanol–water partition coefficient (Wildman–Crippen LogP) is 0.536. The molecule has 0 saturated heterocycles. The van der Waals surface area contributed by atoms with Gasteiger partial charge in [-0.25, -0.2) is 0 Å². The largest absolute Gasteiger partial charge is 0.483 e. The molecule has 0 aliphatic heterocycles. The number of para-hydroxylation sites is 1. The Balaban J connectivity index is 2.60. The molecule has 1 aromatic carbocycles. The highest BCUT2D eigenvalue weighted by atomic mass is 16.5. The van der Waals surface area contributed by atoms with Crippen molar-refractivity contribution in [3.05, 3.63) is 29.8 Å². The van der Waals surface area contributed by atoms with Crippen molar-refractivity contribution < 1.29 is 14.3 Å². The van der Waals surface area contributed by atoms with E-state index in [4.69, 9.17) is 15.7 Å². The van der Waals surface area contributed by atoms with E-state index in [0.29, 0.717) is 6.54 Å². The summed E-state index contributed by atoms with van der Waals surface area (Å²) in [6.07, 6.45) is 0.264. The molecule has 0 aliphatic rings. The molecule has 0 saturated carbocycles. The molecule has 0 aliphatic carbocycles. The van der Waals surface area contributed by atoms with E-state index < -0.39 is 5.91 Å². The first-order valence-electron chi connectivity index (χ1n) is 5.68. The molecule has 0 bridgehead atoms. The van der Waals surface area contributed by atoms with Crippen LogP contribution in [0.25, 0.3) is 0 Å². The third-order valence-corrected chi connectivity index (χ3v) is 2.49. The Morgan fingerprint density at radius 1 is 1.42 bits per heavy atom. The topological polar surface area (TPSA) is 96.4 Å². The molecule has 0 atom stereocenters.